The summed E-state index contributed by atoms with van der Waals surface area (Å²) < 4.78 is 13.2. The largest absolute Gasteiger partial charge is 1.00 e. The minimum Gasteiger partial charge on any atom is -1.00 e. The summed E-state index contributed by atoms with van der Waals surface area (Å²) in [6.45, 7) is 3.42. The van der Waals surface area contributed by atoms with Crippen LogP contribution in [-0.2, 0) is 12.1 Å². The van der Waals surface area contributed by atoms with Gasteiger partial charge in [-0.1, -0.05) is 31.2 Å². The molecule has 7 heteroatoms. The molecule has 0 aromatic heterocycles. The van der Waals surface area contributed by atoms with Gasteiger partial charge in [-0.25, -0.2) is 9.48 Å². The summed E-state index contributed by atoms with van der Waals surface area (Å²) in [6, 6.07) is 14.1. The van der Waals surface area contributed by atoms with Crippen LogP contribution >= 0.6 is 11.8 Å². The number of anilines is 1. The van der Waals surface area contributed by atoms with Crippen LogP contribution in [0.5, 0.6) is 11.5 Å². The zero-order chi connectivity index (χ0) is 19.7. The van der Waals surface area contributed by atoms with Gasteiger partial charge >= 0.3 is 5.17 Å². The maximum Gasteiger partial charge on any atom is 0.316 e. The molecular weight excluding hydrogens is 452 g/mol. The number of aliphatic hydroxyl groups is 1. The Kier molecular flexibility index (Phi) is 6.81. The Hall–Kier alpha value is -1.70. The number of aryl methyl sites for hydroxylation is 1. The summed E-state index contributed by atoms with van der Waals surface area (Å²) in [5.41, 5.74) is 2.05. The predicted molar refractivity (Wildman–Crippen MR) is 114 cm³/mol. The topological polar surface area (TPSA) is 44.9 Å². The van der Waals surface area contributed by atoms with E-state index in [0.717, 1.165) is 53.1 Å². The second kappa shape index (κ2) is 8.98. The van der Waals surface area contributed by atoms with E-state index in [1.165, 1.54) is 5.56 Å². The Labute approximate surface area is 187 Å². The molecule has 5 nitrogen and oxygen atoms in total. The summed E-state index contributed by atoms with van der Waals surface area (Å²) in [6.07, 6.45) is 2.04. The van der Waals surface area contributed by atoms with Crippen LogP contribution in [0.1, 0.15) is 24.5 Å². The van der Waals surface area contributed by atoms with Crippen molar-refractivity contribution in [2.75, 3.05) is 38.0 Å². The van der Waals surface area contributed by atoms with E-state index in [-0.39, 0.29) is 17.0 Å². The van der Waals surface area contributed by atoms with Crippen molar-refractivity contribution in [3.05, 3.63) is 53.6 Å². The van der Waals surface area contributed by atoms with Crippen molar-refractivity contribution in [2.24, 2.45) is 0 Å². The Morgan fingerprint density at radius 2 is 1.90 bits per heavy atom. The molecule has 2 aromatic carbocycles. The highest BCUT2D eigenvalue weighted by Crippen LogP contribution is 2.41. The standard InChI is InChI=1S/C22H27N2O3S.BrH/c1-4-16-6-8-17(9-7-16)22(25)15-23(21-24(22)12-5-13-28-21)19-14-18(26-2)10-11-20(19)27-3;/h6-11,14,25H,4-5,12-13,15H2,1-3H3;1H/q+1;/p-1. The van der Waals surface area contributed by atoms with E-state index in [2.05, 4.69) is 40.7 Å². The number of amidine groups is 1. The number of thioether (sulfide) groups is 1. The maximum atomic E-state index is 11.8. The molecule has 1 atom stereocenters. The van der Waals surface area contributed by atoms with E-state index in [1.807, 2.05) is 18.2 Å². The fourth-order valence-electron chi connectivity index (χ4n) is 3.95. The van der Waals surface area contributed by atoms with Crippen LogP contribution < -0.4 is 31.4 Å². The van der Waals surface area contributed by atoms with Gasteiger partial charge in [0.1, 0.15) is 5.75 Å². The molecule has 156 valence electrons. The highest BCUT2D eigenvalue weighted by Gasteiger charge is 2.53. The first-order valence-electron chi connectivity index (χ1n) is 9.69. The number of hydrogen-bond donors (Lipinski definition) is 1. The molecule has 0 saturated heterocycles. The molecule has 2 heterocycles. The van der Waals surface area contributed by atoms with Crippen LogP contribution in [0.4, 0.5) is 5.69 Å². The molecule has 0 aliphatic carbocycles. The molecule has 0 bridgehead atoms. The third-order valence-corrected chi connectivity index (χ3v) is 6.74. The molecule has 2 aliphatic rings. The zero-order valence-corrected chi connectivity index (χ0v) is 19.4. The minimum absolute atomic E-state index is 0. The first kappa shape index (κ1) is 22.0. The second-order valence-corrected chi connectivity index (χ2v) is 8.19. The van der Waals surface area contributed by atoms with Gasteiger partial charge in [-0.3, -0.25) is 0 Å². The van der Waals surface area contributed by atoms with Crippen LogP contribution in [-0.4, -0.2) is 47.9 Å². The number of ether oxygens (including phenoxy) is 2. The van der Waals surface area contributed by atoms with E-state index in [9.17, 15) is 5.11 Å². The number of β-amino-alcohol motifs (C(OH)–C–C–N with tert-alkyl or cyclic N) is 1. The van der Waals surface area contributed by atoms with Crippen LogP contribution in [0.2, 0.25) is 0 Å². The molecule has 0 amide bonds. The lowest BCUT2D eigenvalue weighted by Gasteiger charge is -2.24. The molecule has 29 heavy (non-hydrogen) atoms. The Balaban J connectivity index is 0.00000240. The third kappa shape index (κ3) is 3.88. The normalized spacial score (nSPS) is 20.9. The van der Waals surface area contributed by atoms with Crippen LogP contribution in [0, 0.1) is 0 Å². The molecule has 2 aliphatic heterocycles. The van der Waals surface area contributed by atoms with Gasteiger partial charge in [0.05, 0.1) is 20.8 Å². The Bertz CT molecular complexity index is 903. The average molecular weight is 479 g/mol. The molecule has 0 spiro atoms. The van der Waals surface area contributed by atoms with Crippen LogP contribution in [0.15, 0.2) is 42.5 Å². The first-order chi connectivity index (χ1) is 13.6. The number of benzene rings is 2. The van der Waals surface area contributed by atoms with E-state index in [1.54, 1.807) is 26.0 Å². The number of hydrogen-bond acceptors (Lipinski definition) is 5. The van der Waals surface area contributed by atoms with Crippen LogP contribution in [0.3, 0.4) is 0 Å². The summed E-state index contributed by atoms with van der Waals surface area (Å²) in [5.74, 6) is 2.58. The van der Waals surface area contributed by atoms with Crippen LogP contribution in [0.25, 0.3) is 0 Å². The van der Waals surface area contributed by atoms with Gasteiger partial charge in [0.2, 0.25) is 0 Å². The fraction of sp³-hybridized carbons (Fsp3) is 0.409. The van der Waals surface area contributed by atoms with Crippen molar-refractivity contribution in [2.45, 2.75) is 25.5 Å². The van der Waals surface area contributed by atoms with Gasteiger partial charge in [0.25, 0.3) is 5.72 Å². The molecule has 0 saturated carbocycles. The molecule has 1 N–H and O–H groups in total. The Morgan fingerprint density at radius 3 is 2.55 bits per heavy atom. The summed E-state index contributed by atoms with van der Waals surface area (Å²) in [5, 5.41) is 12.9. The molecule has 1 unspecified atom stereocenters. The van der Waals surface area contributed by atoms with Gasteiger partial charge in [-0.15, -0.1) is 0 Å². The lowest BCUT2D eigenvalue weighted by Crippen LogP contribution is -3.00. The number of rotatable bonds is 5. The van der Waals surface area contributed by atoms with E-state index in [0.29, 0.717) is 6.54 Å². The fourth-order valence-corrected chi connectivity index (χ4v) is 5.12. The van der Waals surface area contributed by atoms with E-state index < -0.39 is 5.72 Å². The third-order valence-electron chi connectivity index (χ3n) is 5.55. The van der Waals surface area contributed by atoms with Gasteiger partial charge in [-0.2, -0.15) is 0 Å². The minimum atomic E-state index is -1.07. The van der Waals surface area contributed by atoms with Crippen molar-refractivity contribution in [3.8, 4) is 11.5 Å². The van der Waals surface area contributed by atoms with E-state index >= 15 is 0 Å². The van der Waals surface area contributed by atoms with Crippen molar-refractivity contribution in [1.29, 1.82) is 0 Å². The van der Waals surface area contributed by atoms with Crippen molar-refractivity contribution < 1.29 is 36.1 Å². The van der Waals surface area contributed by atoms with E-state index in [4.69, 9.17) is 9.47 Å². The smallest absolute Gasteiger partial charge is 0.316 e. The highest BCUT2D eigenvalue weighted by molar-refractivity contribution is 8.13. The molecule has 0 radical (unpaired) electrons. The SMILES string of the molecule is CCc1ccc(C2(O)CN(c3cc(OC)ccc3OC)C3=[N+]2CCCS3)cc1.[Br-]. The van der Waals surface area contributed by atoms with Gasteiger partial charge in [0, 0.05) is 17.4 Å². The van der Waals surface area contributed by atoms with Gasteiger partial charge < -0.3 is 31.6 Å². The lowest BCUT2D eigenvalue weighted by molar-refractivity contribution is -0.656. The summed E-state index contributed by atoms with van der Waals surface area (Å²) >= 11 is 1.79. The summed E-state index contributed by atoms with van der Waals surface area (Å²) in [4.78, 5) is 2.17. The number of nitrogens with zero attached hydrogens (tertiary/aromatic N) is 2. The highest BCUT2D eigenvalue weighted by atomic mass is 79.9. The van der Waals surface area contributed by atoms with Gasteiger partial charge in [0.15, 0.2) is 18.0 Å². The van der Waals surface area contributed by atoms with Crippen molar-refractivity contribution in [1.82, 2.24) is 0 Å². The number of halogens is 1. The quantitative estimate of drug-likeness (QED) is 0.631. The second-order valence-electron chi connectivity index (χ2n) is 7.13. The molecule has 0 fully saturated rings. The van der Waals surface area contributed by atoms with Crippen molar-refractivity contribution in [3.63, 3.8) is 0 Å². The monoisotopic (exact) mass is 478 g/mol. The first-order valence-corrected chi connectivity index (χ1v) is 10.7. The Morgan fingerprint density at radius 1 is 1.14 bits per heavy atom. The molecule has 2 aromatic rings. The zero-order valence-electron chi connectivity index (χ0n) is 17.0. The molecule has 4 rings (SSSR count). The maximum absolute atomic E-state index is 11.8. The summed E-state index contributed by atoms with van der Waals surface area (Å²) in [7, 11) is 3.34. The van der Waals surface area contributed by atoms with Crippen molar-refractivity contribution >= 4 is 22.6 Å². The average Bonchev–Trinajstić information content (AvgIpc) is 3.07. The van der Waals surface area contributed by atoms with Gasteiger partial charge in [-0.05, 0) is 42.3 Å². The number of methoxy groups -OCH3 is 2. The lowest BCUT2D eigenvalue weighted by atomic mass is 9.99. The predicted octanol–water partition coefficient (Wildman–Crippen LogP) is 0.441. The molecular formula is C22H27BrN2O3S.